The van der Waals surface area contributed by atoms with Crippen molar-refractivity contribution in [3.05, 3.63) is 53.3 Å². The highest BCUT2D eigenvalue weighted by Crippen LogP contribution is 2.27. The quantitative estimate of drug-likeness (QED) is 0.804. The molecule has 0 radical (unpaired) electrons. The Morgan fingerprint density at radius 2 is 2.05 bits per heavy atom. The molecule has 0 aliphatic heterocycles. The first kappa shape index (κ1) is 13.9. The van der Waals surface area contributed by atoms with E-state index >= 15 is 0 Å². The normalized spacial score (nSPS) is 11.0. The number of rotatable bonds is 4. The van der Waals surface area contributed by atoms with Gasteiger partial charge >= 0.3 is 6.01 Å². The van der Waals surface area contributed by atoms with Crippen molar-refractivity contribution >= 4 is 11.6 Å². The SMILES string of the molecule is Cc1nccn1-c1nc(-c2ccc(Cl)cc2)c(CCO)o1. The zero-order valence-electron chi connectivity index (χ0n) is 11.5. The Kier molecular flexibility index (Phi) is 3.77. The monoisotopic (exact) mass is 303 g/mol. The summed E-state index contributed by atoms with van der Waals surface area (Å²) in [5, 5.41) is 9.87. The molecule has 0 fully saturated rings. The molecule has 0 aliphatic carbocycles. The van der Waals surface area contributed by atoms with Crippen LogP contribution in [0.3, 0.4) is 0 Å². The Balaban J connectivity index is 2.09. The summed E-state index contributed by atoms with van der Waals surface area (Å²) >= 11 is 5.91. The average Bonchev–Trinajstić information content (AvgIpc) is 3.06. The molecule has 0 amide bonds. The highest BCUT2D eigenvalue weighted by Gasteiger charge is 2.16. The van der Waals surface area contributed by atoms with Crippen LogP contribution in [0.1, 0.15) is 11.6 Å². The Morgan fingerprint density at radius 1 is 1.29 bits per heavy atom. The van der Waals surface area contributed by atoms with E-state index in [4.69, 9.17) is 16.0 Å². The van der Waals surface area contributed by atoms with Crippen molar-refractivity contribution in [2.45, 2.75) is 13.3 Å². The van der Waals surface area contributed by atoms with Gasteiger partial charge in [0.15, 0.2) is 0 Å². The van der Waals surface area contributed by atoms with Crippen LogP contribution in [0.15, 0.2) is 41.1 Å². The van der Waals surface area contributed by atoms with E-state index in [1.54, 1.807) is 29.1 Å². The van der Waals surface area contributed by atoms with Crippen LogP contribution in [-0.2, 0) is 6.42 Å². The van der Waals surface area contributed by atoms with E-state index in [2.05, 4.69) is 9.97 Å². The summed E-state index contributed by atoms with van der Waals surface area (Å²) in [5.41, 5.74) is 1.61. The molecule has 21 heavy (non-hydrogen) atoms. The van der Waals surface area contributed by atoms with E-state index in [1.807, 2.05) is 19.1 Å². The van der Waals surface area contributed by atoms with Crippen LogP contribution in [0.25, 0.3) is 17.3 Å². The number of halogens is 1. The van der Waals surface area contributed by atoms with Crippen LogP contribution in [0.4, 0.5) is 0 Å². The number of imidazole rings is 1. The lowest BCUT2D eigenvalue weighted by Crippen LogP contribution is -1.95. The molecule has 0 spiro atoms. The maximum Gasteiger partial charge on any atom is 0.307 e. The molecule has 108 valence electrons. The molecule has 0 saturated heterocycles. The van der Waals surface area contributed by atoms with Gasteiger partial charge in [-0.2, -0.15) is 4.98 Å². The maximum absolute atomic E-state index is 9.20. The first-order valence-corrected chi connectivity index (χ1v) is 6.93. The second kappa shape index (κ2) is 5.71. The van der Waals surface area contributed by atoms with Crippen LogP contribution in [0.2, 0.25) is 5.02 Å². The van der Waals surface area contributed by atoms with Gasteiger partial charge in [0, 0.05) is 29.4 Å². The Bertz CT molecular complexity index is 747. The number of aromatic nitrogens is 3. The molecule has 0 aliphatic rings. The van der Waals surface area contributed by atoms with Crippen molar-refractivity contribution in [1.82, 2.24) is 14.5 Å². The molecule has 2 aromatic heterocycles. The van der Waals surface area contributed by atoms with Crippen molar-refractivity contribution in [3.63, 3.8) is 0 Å². The van der Waals surface area contributed by atoms with Crippen LogP contribution in [-0.4, -0.2) is 26.2 Å². The predicted octanol–water partition coefficient (Wildman–Crippen LogP) is 3.02. The second-order valence-corrected chi connectivity index (χ2v) is 5.03. The highest BCUT2D eigenvalue weighted by molar-refractivity contribution is 6.30. The molecule has 5 nitrogen and oxygen atoms in total. The minimum atomic E-state index is -0.00185. The van der Waals surface area contributed by atoms with Gasteiger partial charge in [0.05, 0.1) is 6.61 Å². The molecule has 0 atom stereocenters. The number of oxazole rings is 1. The van der Waals surface area contributed by atoms with Crippen LogP contribution in [0.5, 0.6) is 0 Å². The summed E-state index contributed by atoms with van der Waals surface area (Å²) in [6.45, 7) is 1.87. The summed E-state index contributed by atoms with van der Waals surface area (Å²) < 4.78 is 7.55. The van der Waals surface area contributed by atoms with Crippen LogP contribution < -0.4 is 0 Å². The summed E-state index contributed by atoms with van der Waals surface area (Å²) in [5.74, 6) is 1.43. The molecular weight excluding hydrogens is 290 g/mol. The van der Waals surface area contributed by atoms with Crippen molar-refractivity contribution in [2.75, 3.05) is 6.61 Å². The van der Waals surface area contributed by atoms with Crippen LogP contribution >= 0.6 is 11.6 Å². The third kappa shape index (κ3) is 2.70. The van der Waals surface area contributed by atoms with E-state index in [-0.39, 0.29) is 6.61 Å². The van der Waals surface area contributed by atoms with Gasteiger partial charge in [0.25, 0.3) is 0 Å². The first-order chi connectivity index (χ1) is 10.2. The average molecular weight is 304 g/mol. The molecule has 2 heterocycles. The van der Waals surface area contributed by atoms with Gasteiger partial charge in [-0.05, 0) is 19.1 Å². The van der Waals surface area contributed by atoms with E-state index in [0.717, 1.165) is 11.4 Å². The lowest BCUT2D eigenvalue weighted by Gasteiger charge is -1.99. The van der Waals surface area contributed by atoms with Gasteiger partial charge in [-0.15, -0.1) is 0 Å². The molecular formula is C15H14ClN3O2. The standard InChI is InChI=1S/C15H14ClN3O2/c1-10-17-7-8-19(10)15-18-14(13(21-15)6-9-20)11-2-4-12(16)5-3-11/h2-5,7-8,20H,6,9H2,1H3. The molecule has 0 saturated carbocycles. The van der Waals surface area contributed by atoms with Gasteiger partial charge in [-0.3, -0.25) is 4.57 Å². The van der Waals surface area contributed by atoms with Gasteiger partial charge in [0.1, 0.15) is 17.3 Å². The lowest BCUT2D eigenvalue weighted by molar-refractivity contribution is 0.287. The molecule has 3 rings (SSSR count). The summed E-state index contributed by atoms with van der Waals surface area (Å²) in [4.78, 5) is 8.69. The Hall–Kier alpha value is -2.11. The smallest absolute Gasteiger partial charge is 0.307 e. The maximum atomic E-state index is 9.20. The lowest BCUT2D eigenvalue weighted by atomic mass is 10.1. The second-order valence-electron chi connectivity index (χ2n) is 4.59. The molecule has 3 aromatic rings. The number of aliphatic hydroxyl groups excluding tert-OH is 1. The summed E-state index contributed by atoms with van der Waals surface area (Å²) in [6.07, 6.45) is 3.88. The third-order valence-corrected chi connectivity index (χ3v) is 3.43. The number of hydrogen-bond acceptors (Lipinski definition) is 4. The van der Waals surface area contributed by atoms with Gasteiger partial charge < -0.3 is 9.52 Å². The first-order valence-electron chi connectivity index (χ1n) is 6.56. The van der Waals surface area contributed by atoms with Crippen molar-refractivity contribution in [3.8, 4) is 17.3 Å². The number of hydrogen-bond donors (Lipinski definition) is 1. The van der Waals surface area contributed by atoms with Crippen molar-refractivity contribution in [1.29, 1.82) is 0 Å². The fraction of sp³-hybridized carbons (Fsp3) is 0.200. The largest absolute Gasteiger partial charge is 0.427 e. The Labute approximate surface area is 126 Å². The topological polar surface area (TPSA) is 64.1 Å². The van der Waals surface area contributed by atoms with E-state index in [9.17, 15) is 5.11 Å². The molecule has 0 unspecified atom stereocenters. The third-order valence-electron chi connectivity index (χ3n) is 3.17. The van der Waals surface area contributed by atoms with E-state index in [0.29, 0.717) is 28.9 Å². The van der Waals surface area contributed by atoms with E-state index < -0.39 is 0 Å². The van der Waals surface area contributed by atoms with Crippen molar-refractivity contribution < 1.29 is 9.52 Å². The van der Waals surface area contributed by atoms with Gasteiger partial charge in [-0.25, -0.2) is 4.98 Å². The minimum absolute atomic E-state index is 0.00185. The number of benzene rings is 1. The number of aryl methyl sites for hydroxylation is 1. The minimum Gasteiger partial charge on any atom is -0.427 e. The zero-order valence-corrected chi connectivity index (χ0v) is 12.2. The predicted molar refractivity (Wildman–Crippen MR) is 79.6 cm³/mol. The molecule has 0 bridgehead atoms. The highest BCUT2D eigenvalue weighted by atomic mass is 35.5. The van der Waals surface area contributed by atoms with Crippen LogP contribution in [0, 0.1) is 6.92 Å². The number of aliphatic hydroxyl groups is 1. The number of nitrogens with zero attached hydrogens (tertiary/aromatic N) is 3. The Morgan fingerprint density at radius 3 is 2.67 bits per heavy atom. The summed E-state index contributed by atoms with van der Waals surface area (Å²) in [7, 11) is 0. The van der Waals surface area contributed by atoms with Gasteiger partial charge in [0.2, 0.25) is 0 Å². The summed E-state index contributed by atoms with van der Waals surface area (Å²) in [6, 6.07) is 7.81. The fourth-order valence-electron chi connectivity index (χ4n) is 2.13. The van der Waals surface area contributed by atoms with E-state index in [1.165, 1.54) is 0 Å². The zero-order chi connectivity index (χ0) is 14.8. The van der Waals surface area contributed by atoms with Crippen molar-refractivity contribution in [2.24, 2.45) is 0 Å². The molecule has 1 N–H and O–H groups in total. The van der Waals surface area contributed by atoms with Gasteiger partial charge in [-0.1, -0.05) is 23.7 Å². The molecule has 6 heteroatoms. The molecule has 1 aromatic carbocycles. The fourth-order valence-corrected chi connectivity index (χ4v) is 2.25.